The summed E-state index contributed by atoms with van der Waals surface area (Å²) >= 11 is 0. The molecule has 2 aliphatic heterocycles. The van der Waals surface area contributed by atoms with Crippen LogP contribution in [0.4, 0.5) is 0 Å². The number of aromatic nitrogens is 1. The third-order valence-electron chi connectivity index (χ3n) is 6.37. The topological polar surface area (TPSA) is 94.7 Å². The fourth-order valence-electron chi connectivity index (χ4n) is 4.82. The van der Waals surface area contributed by atoms with Crippen molar-refractivity contribution in [2.24, 2.45) is 0 Å². The van der Waals surface area contributed by atoms with E-state index in [0.717, 1.165) is 33.5 Å². The molecule has 2 aromatic carbocycles. The van der Waals surface area contributed by atoms with Crippen LogP contribution in [0.25, 0.3) is 10.9 Å². The van der Waals surface area contributed by atoms with Gasteiger partial charge in [0.05, 0.1) is 24.7 Å². The maximum Gasteiger partial charge on any atom is 0.243 e. The van der Waals surface area contributed by atoms with Crippen molar-refractivity contribution in [1.82, 2.24) is 14.6 Å². The van der Waals surface area contributed by atoms with E-state index in [1.165, 1.54) is 0 Å². The van der Waals surface area contributed by atoms with Crippen LogP contribution in [-0.4, -0.2) is 56.2 Å². The van der Waals surface area contributed by atoms with Crippen molar-refractivity contribution in [1.29, 1.82) is 0 Å². The summed E-state index contributed by atoms with van der Waals surface area (Å²) in [6.07, 6.45) is 0. The van der Waals surface area contributed by atoms with E-state index >= 15 is 0 Å². The first-order valence-electron chi connectivity index (χ1n) is 9.99. The Hall–Kier alpha value is -2.39. The Morgan fingerprint density at radius 2 is 2.03 bits per heavy atom. The summed E-state index contributed by atoms with van der Waals surface area (Å²) < 4.78 is 33.2. The molecule has 1 aromatic heterocycles. The first-order valence-corrected chi connectivity index (χ1v) is 11.4. The second-order valence-electron chi connectivity index (χ2n) is 8.31. The SMILES string of the molecule is COc1ccc2c3c([nH]c2c1)[C@@H](CO)NCC31CN(S(=O)(=O)c2cccc(C)c2)C1. The smallest absolute Gasteiger partial charge is 0.243 e. The molecule has 0 unspecified atom stereocenters. The number of aromatic amines is 1. The molecular formula is C22H25N3O4S. The van der Waals surface area contributed by atoms with Crippen molar-refractivity contribution in [3.8, 4) is 5.75 Å². The number of aliphatic hydroxyl groups excluding tert-OH is 1. The van der Waals surface area contributed by atoms with Crippen molar-refractivity contribution in [2.45, 2.75) is 23.3 Å². The van der Waals surface area contributed by atoms with Gasteiger partial charge in [-0.1, -0.05) is 12.1 Å². The molecule has 1 spiro atoms. The number of rotatable bonds is 4. The molecule has 158 valence electrons. The molecule has 1 fully saturated rings. The van der Waals surface area contributed by atoms with E-state index < -0.39 is 10.0 Å². The molecule has 3 aromatic rings. The number of nitrogens with zero attached hydrogens (tertiary/aromatic N) is 1. The first-order chi connectivity index (χ1) is 14.4. The Morgan fingerprint density at radius 3 is 2.73 bits per heavy atom. The van der Waals surface area contributed by atoms with Gasteiger partial charge < -0.3 is 20.1 Å². The lowest BCUT2D eigenvalue weighted by atomic mass is 9.71. The van der Waals surface area contributed by atoms with Crippen molar-refractivity contribution in [2.75, 3.05) is 33.4 Å². The first kappa shape index (κ1) is 19.6. The predicted molar refractivity (Wildman–Crippen MR) is 114 cm³/mol. The monoisotopic (exact) mass is 427 g/mol. The van der Waals surface area contributed by atoms with Crippen LogP contribution in [0.3, 0.4) is 0 Å². The van der Waals surface area contributed by atoms with E-state index in [4.69, 9.17) is 4.74 Å². The third kappa shape index (κ3) is 2.79. The van der Waals surface area contributed by atoms with Gasteiger partial charge in [0.2, 0.25) is 10.0 Å². The molecule has 1 saturated heterocycles. The molecule has 0 aliphatic carbocycles. The summed E-state index contributed by atoms with van der Waals surface area (Å²) in [4.78, 5) is 3.77. The molecule has 30 heavy (non-hydrogen) atoms. The van der Waals surface area contributed by atoms with Gasteiger partial charge in [0, 0.05) is 47.7 Å². The molecule has 0 radical (unpaired) electrons. The van der Waals surface area contributed by atoms with Crippen LogP contribution in [0.5, 0.6) is 5.75 Å². The van der Waals surface area contributed by atoms with Crippen molar-refractivity contribution >= 4 is 20.9 Å². The molecule has 0 saturated carbocycles. The summed E-state index contributed by atoms with van der Waals surface area (Å²) in [5, 5.41) is 14.3. The molecule has 7 nitrogen and oxygen atoms in total. The number of aryl methyl sites for hydroxylation is 1. The molecule has 0 amide bonds. The number of methoxy groups -OCH3 is 1. The van der Waals surface area contributed by atoms with Gasteiger partial charge in [0.25, 0.3) is 0 Å². The fraction of sp³-hybridized carbons (Fsp3) is 0.364. The van der Waals surface area contributed by atoms with E-state index in [0.29, 0.717) is 24.5 Å². The highest BCUT2D eigenvalue weighted by Gasteiger charge is 2.53. The average molecular weight is 428 g/mol. The molecule has 8 heteroatoms. The van der Waals surface area contributed by atoms with Crippen LogP contribution < -0.4 is 10.1 Å². The van der Waals surface area contributed by atoms with Crippen LogP contribution in [0.15, 0.2) is 47.4 Å². The third-order valence-corrected chi connectivity index (χ3v) is 8.16. The van der Waals surface area contributed by atoms with Gasteiger partial charge in [-0.25, -0.2) is 8.42 Å². The van der Waals surface area contributed by atoms with E-state index in [-0.39, 0.29) is 18.1 Å². The van der Waals surface area contributed by atoms with Crippen LogP contribution in [0.1, 0.15) is 22.9 Å². The highest BCUT2D eigenvalue weighted by molar-refractivity contribution is 7.89. The van der Waals surface area contributed by atoms with Crippen molar-refractivity contribution in [3.05, 3.63) is 59.3 Å². The lowest BCUT2D eigenvalue weighted by Gasteiger charge is -2.52. The van der Waals surface area contributed by atoms with Crippen LogP contribution in [0, 0.1) is 6.92 Å². The maximum atomic E-state index is 13.2. The highest BCUT2D eigenvalue weighted by atomic mass is 32.2. The van der Waals surface area contributed by atoms with E-state index in [1.54, 1.807) is 29.6 Å². The van der Waals surface area contributed by atoms with Gasteiger partial charge in [-0.05, 0) is 42.3 Å². The quantitative estimate of drug-likeness (QED) is 0.593. The standard InChI is InChI=1S/C22H25N3O4S/c1-14-4-3-5-16(8-14)30(27,28)25-12-22(13-25)11-23-19(10-26)21-20(22)17-7-6-15(29-2)9-18(17)24-21/h3-9,19,23-24,26H,10-13H2,1-2H3/t19-/m1/s1. The van der Waals surface area contributed by atoms with Crippen molar-refractivity contribution < 1.29 is 18.3 Å². The van der Waals surface area contributed by atoms with Gasteiger partial charge in [-0.15, -0.1) is 0 Å². The number of nitrogens with one attached hydrogen (secondary N) is 2. The molecule has 5 rings (SSSR count). The van der Waals surface area contributed by atoms with Gasteiger partial charge in [0.1, 0.15) is 5.75 Å². The Labute approximate surface area is 175 Å². The molecule has 0 bridgehead atoms. The molecular weight excluding hydrogens is 402 g/mol. The van der Waals surface area contributed by atoms with Crippen LogP contribution >= 0.6 is 0 Å². The Bertz CT molecular complexity index is 1230. The second-order valence-corrected chi connectivity index (χ2v) is 10.2. The zero-order valence-corrected chi connectivity index (χ0v) is 17.8. The summed E-state index contributed by atoms with van der Waals surface area (Å²) in [5.74, 6) is 0.751. The number of aliphatic hydroxyl groups is 1. The lowest BCUT2D eigenvalue weighted by Crippen LogP contribution is -2.66. The van der Waals surface area contributed by atoms with Gasteiger partial charge in [-0.3, -0.25) is 0 Å². The average Bonchev–Trinajstić information content (AvgIpc) is 3.10. The Balaban J connectivity index is 1.55. The van der Waals surface area contributed by atoms with Gasteiger partial charge in [0.15, 0.2) is 0 Å². The number of benzene rings is 2. The largest absolute Gasteiger partial charge is 0.497 e. The zero-order chi connectivity index (χ0) is 21.1. The van der Waals surface area contributed by atoms with E-state index in [2.05, 4.69) is 10.3 Å². The molecule has 3 heterocycles. The minimum absolute atomic E-state index is 0.0294. The summed E-state index contributed by atoms with van der Waals surface area (Å²) in [6, 6.07) is 12.7. The maximum absolute atomic E-state index is 13.2. The van der Waals surface area contributed by atoms with E-state index in [9.17, 15) is 13.5 Å². The Morgan fingerprint density at radius 1 is 1.23 bits per heavy atom. The predicted octanol–water partition coefficient (Wildman–Crippen LogP) is 2.06. The minimum Gasteiger partial charge on any atom is -0.497 e. The summed E-state index contributed by atoms with van der Waals surface area (Å²) in [6.45, 7) is 3.28. The lowest BCUT2D eigenvalue weighted by molar-refractivity contribution is 0.122. The Kier molecular flexibility index (Phi) is 4.44. The summed E-state index contributed by atoms with van der Waals surface area (Å²) in [5.41, 5.74) is 3.56. The number of ether oxygens (including phenoxy) is 1. The number of sulfonamides is 1. The molecule has 2 aliphatic rings. The zero-order valence-electron chi connectivity index (χ0n) is 17.0. The fourth-order valence-corrected chi connectivity index (χ4v) is 6.53. The highest BCUT2D eigenvalue weighted by Crippen LogP contribution is 2.46. The van der Waals surface area contributed by atoms with Gasteiger partial charge >= 0.3 is 0 Å². The number of H-pyrrole nitrogens is 1. The van der Waals surface area contributed by atoms with Crippen LogP contribution in [-0.2, 0) is 15.4 Å². The number of hydrogen-bond acceptors (Lipinski definition) is 5. The van der Waals surface area contributed by atoms with Gasteiger partial charge in [-0.2, -0.15) is 4.31 Å². The number of hydrogen-bond donors (Lipinski definition) is 3. The molecule has 3 N–H and O–H groups in total. The second kappa shape index (κ2) is 6.81. The minimum atomic E-state index is -3.54. The normalized spacial score (nSPS) is 20.8. The molecule has 1 atom stereocenters. The van der Waals surface area contributed by atoms with Crippen LogP contribution in [0.2, 0.25) is 0 Å². The summed E-state index contributed by atoms with van der Waals surface area (Å²) in [7, 11) is -1.91. The van der Waals surface area contributed by atoms with Crippen molar-refractivity contribution in [3.63, 3.8) is 0 Å². The van der Waals surface area contributed by atoms with E-state index in [1.807, 2.05) is 31.2 Å². The number of fused-ring (bicyclic) bond motifs is 4.